The number of carboxylic acid groups (broad SMARTS) is 1. The molecule has 1 atom stereocenters. The lowest BCUT2D eigenvalue weighted by Crippen LogP contribution is -2.46. The highest BCUT2D eigenvalue weighted by Gasteiger charge is 2.21. The number of aliphatic carboxylic acids is 1. The molecule has 2 amide bonds. The largest absolute Gasteiger partial charge is 0.493 e. The molecule has 0 bridgehead atoms. The third kappa shape index (κ3) is 7.47. The Hall–Kier alpha value is -2.91. The van der Waals surface area contributed by atoms with Gasteiger partial charge in [-0.15, -0.1) is 0 Å². The second-order valence-corrected chi connectivity index (χ2v) is 6.01. The van der Waals surface area contributed by atoms with Crippen LogP contribution in [-0.4, -0.2) is 49.2 Å². The monoisotopic (exact) mass is 388 g/mol. The van der Waals surface area contributed by atoms with Crippen LogP contribution in [0.2, 0.25) is 0 Å². The van der Waals surface area contributed by atoms with Gasteiger partial charge in [-0.3, -0.25) is 9.59 Å². The number of hydrogen-bond donors (Lipinski definition) is 3. The Morgan fingerprint density at radius 1 is 1.19 bits per heavy atom. The van der Waals surface area contributed by atoms with Crippen LogP contribution >= 0.6 is 0 Å². The van der Waals surface area contributed by atoms with Gasteiger partial charge < -0.3 is 25.2 Å². The fourth-order valence-electron chi connectivity index (χ4n) is 2.21. The molecule has 0 unspecified atom stereocenters. The molecule has 0 saturated heterocycles. The number of rotatable bonds is 10. The molecule has 0 saturated carbocycles. The van der Waals surface area contributed by atoms with Crippen molar-refractivity contribution >= 4 is 17.8 Å². The van der Waals surface area contributed by atoms with Crippen LogP contribution in [0.4, 0.5) is 8.78 Å². The number of ether oxygens (including phenoxy) is 2. The molecule has 0 fully saturated rings. The highest BCUT2D eigenvalue weighted by molar-refractivity contribution is 5.97. The minimum atomic E-state index is -3.10. The first-order valence-electron chi connectivity index (χ1n) is 8.07. The molecule has 0 aliphatic heterocycles. The van der Waals surface area contributed by atoms with Crippen molar-refractivity contribution in [1.29, 1.82) is 0 Å². The molecule has 150 valence electrons. The second-order valence-electron chi connectivity index (χ2n) is 6.01. The Kier molecular flexibility index (Phi) is 8.43. The topological polar surface area (TPSA) is 114 Å². The smallest absolute Gasteiger partial charge is 0.387 e. The van der Waals surface area contributed by atoms with Crippen LogP contribution < -0.4 is 20.1 Å². The number of carbonyl (C=O) groups excluding carboxylic acids is 2. The summed E-state index contributed by atoms with van der Waals surface area (Å²) in [5.41, 5.74) is -0.0313. The molecule has 1 aromatic carbocycles. The first-order chi connectivity index (χ1) is 12.6. The molecular formula is C17H22F2N2O6. The van der Waals surface area contributed by atoms with Crippen molar-refractivity contribution in [3.05, 3.63) is 23.8 Å². The predicted molar refractivity (Wildman–Crippen MR) is 91.0 cm³/mol. The summed E-state index contributed by atoms with van der Waals surface area (Å²) in [7, 11) is 1.26. The van der Waals surface area contributed by atoms with Crippen molar-refractivity contribution in [1.82, 2.24) is 10.6 Å². The summed E-state index contributed by atoms with van der Waals surface area (Å²) >= 11 is 0. The Morgan fingerprint density at radius 2 is 1.85 bits per heavy atom. The summed E-state index contributed by atoms with van der Waals surface area (Å²) in [5, 5.41) is 13.7. The molecule has 1 aromatic rings. The zero-order chi connectivity index (χ0) is 20.6. The van der Waals surface area contributed by atoms with Crippen molar-refractivity contribution in [2.75, 3.05) is 13.7 Å². The van der Waals surface area contributed by atoms with Crippen LogP contribution in [0.1, 0.15) is 30.6 Å². The Balaban J connectivity index is 2.70. The Labute approximate surface area is 154 Å². The number of nitrogens with one attached hydrogen (secondary N) is 2. The first-order valence-corrected chi connectivity index (χ1v) is 8.07. The molecule has 0 aliphatic rings. The molecule has 8 nitrogen and oxygen atoms in total. The minimum absolute atomic E-state index is 0.0163. The van der Waals surface area contributed by atoms with Crippen LogP contribution in [0.5, 0.6) is 11.5 Å². The fourth-order valence-corrected chi connectivity index (χ4v) is 2.21. The molecule has 1 rings (SSSR count). The van der Waals surface area contributed by atoms with Crippen LogP contribution in [0.25, 0.3) is 0 Å². The van der Waals surface area contributed by atoms with Crippen LogP contribution in [-0.2, 0) is 9.59 Å². The number of amides is 2. The maximum absolute atomic E-state index is 12.4. The van der Waals surface area contributed by atoms with Crippen molar-refractivity contribution in [2.45, 2.75) is 32.9 Å². The predicted octanol–water partition coefficient (Wildman–Crippen LogP) is 1.64. The van der Waals surface area contributed by atoms with E-state index < -0.39 is 37.0 Å². The van der Waals surface area contributed by atoms with Gasteiger partial charge in [-0.1, -0.05) is 13.8 Å². The molecule has 3 N–H and O–H groups in total. The van der Waals surface area contributed by atoms with E-state index in [1.165, 1.54) is 19.2 Å². The van der Waals surface area contributed by atoms with Gasteiger partial charge in [0.25, 0.3) is 5.91 Å². The Bertz CT molecular complexity index is 681. The SMILES string of the molecule is COc1ccc(C(=O)NCC(=O)N[C@@H](CC(C)C)C(=O)O)cc1OC(F)F. The number of benzene rings is 1. The minimum Gasteiger partial charge on any atom is -0.493 e. The van der Waals surface area contributed by atoms with E-state index in [0.717, 1.165) is 6.07 Å². The van der Waals surface area contributed by atoms with Crippen molar-refractivity contribution in [3.63, 3.8) is 0 Å². The summed E-state index contributed by atoms with van der Waals surface area (Å²) < 4.78 is 34.0. The highest BCUT2D eigenvalue weighted by atomic mass is 19.3. The summed E-state index contributed by atoms with van der Waals surface area (Å²) in [6, 6.07) is 2.57. The van der Waals surface area contributed by atoms with E-state index in [1.807, 2.05) is 13.8 Å². The lowest BCUT2D eigenvalue weighted by molar-refractivity contribution is -0.142. The molecule has 0 spiro atoms. The summed E-state index contributed by atoms with van der Waals surface area (Å²) in [4.78, 5) is 35.1. The van der Waals surface area contributed by atoms with Gasteiger partial charge in [-0.05, 0) is 30.5 Å². The quantitative estimate of drug-likeness (QED) is 0.562. The lowest BCUT2D eigenvalue weighted by Gasteiger charge is -2.16. The fraction of sp³-hybridized carbons (Fsp3) is 0.471. The molecule has 0 aliphatic carbocycles. The average Bonchev–Trinajstić information content (AvgIpc) is 2.58. The van der Waals surface area contributed by atoms with E-state index in [9.17, 15) is 23.2 Å². The highest BCUT2D eigenvalue weighted by Crippen LogP contribution is 2.29. The zero-order valence-electron chi connectivity index (χ0n) is 15.1. The third-order valence-electron chi connectivity index (χ3n) is 3.39. The van der Waals surface area contributed by atoms with Gasteiger partial charge in [0.15, 0.2) is 11.5 Å². The van der Waals surface area contributed by atoms with Crippen molar-refractivity contribution in [2.24, 2.45) is 5.92 Å². The van der Waals surface area contributed by atoms with Crippen LogP contribution in [0.15, 0.2) is 18.2 Å². The van der Waals surface area contributed by atoms with E-state index >= 15 is 0 Å². The standard InChI is InChI=1S/C17H22F2N2O6/c1-9(2)6-11(16(24)25)21-14(22)8-20-15(23)10-4-5-12(26-3)13(7-10)27-17(18)19/h4-5,7,9,11,17H,6,8H2,1-3H3,(H,20,23)(H,21,22)(H,24,25)/t11-/m0/s1. The normalized spacial score (nSPS) is 11.8. The van der Waals surface area contributed by atoms with E-state index in [2.05, 4.69) is 15.4 Å². The Morgan fingerprint density at radius 3 is 2.37 bits per heavy atom. The van der Waals surface area contributed by atoms with E-state index in [1.54, 1.807) is 0 Å². The maximum atomic E-state index is 12.4. The van der Waals surface area contributed by atoms with Gasteiger partial charge in [0.2, 0.25) is 5.91 Å². The first kappa shape index (κ1) is 22.1. The van der Waals surface area contributed by atoms with Crippen LogP contribution in [0.3, 0.4) is 0 Å². The number of carbonyl (C=O) groups is 3. The van der Waals surface area contributed by atoms with E-state index in [4.69, 9.17) is 9.84 Å². The molecule has 0 aromatic heterocycles. The third-order valence-corrected chi connectivity index (χ3v) is 3.39. The van der Waals surface area contributed by atoms with Crippen LogP contribution in [0, 0.1) is 5.92 Å². The van der Waals surface area contributed by atoms with Gasteiger partial charge in [0.05, 0.1) is 13.7 Å². The number of alkyl halides is 2. The van der Waals surface area contributed by atoms with E-state index in [-0.39, 0.29) is 29.4 Å². The molecule has 0 heterocycles. The number of hydrogen-bond acceptors (Lipinski definition) is 5. The van der Waals surface area contributed by atoms with Gasteiger partial charge in [0, 0.05) is 5.56 Å². The molecule has 27 heavy (non-hydrogen) atoms. The number of carboxylic acids is 1. The number of halogens is 2. The molecule has 10 heteroatoms. The maximum Gasteiger partial charge on any atom is 0.387 e. The zero-order valence-corrected chi connectivity index (χ0v) is 15.1. The summed E-state index contributed by atoms with van der Waals surface area (Å²) in [6.07, 6.45) is 0.238. The summed E-state index contributed by atoms with van der Waals surface area (Å²) in [6.45, 7) is 0.0497. The van der Waals surface area contributed by atoms with Crippen molar-refractivity contribution in [3.8, 4) is 11.5 Å². The van der Waals surface area contributed by atoms with E-state index in [0.29, 0.717) is 0 Å². The van der Waals surface area contributed by atoms with Gasteiger partial charge in [0.1, 0.15) is 6.04 Å². The number of methoxy groups -OCH3 is 1. The second kappa shape index (κ2) is 10.3. The molecular weight excluding hydrogens is 366 g/mol. The van der Waals surface area contributed by atoms with Gasteiger partial charge in [-0.25, -0.2) is 4.79 Å². The average molecular weight is 388 g/mol. The molecule has 0 radical (unpaired) electrons. The van der Waals surface area contributed by atoms with Gasteiger partial charge >= 0.3 is 12.6 Å². The van der Waals surface area contributed by atoms with Gasteiger partial charge in [-0.2, -0.15) is 8.78 Å². The lowest BCUT2D eigenvalue weighted by atomic mass is 10.0. The summed E-state index contributed by atoms with van der Waals surface area (Å²) in [5.74, 6) is -2.84. The van der Waals surface area contributed by atoms with Crippen molar-refractivity contribution < 1.29 is 37.7 Å².